The molecule has 1 unspecified atom stereocenters. The number of aliphatic hydroxyl groups excluding tert-OH is 1. The van der Waals surface area contributed by atoms with Gasteiger partial charge in [0.1, 0.15) is 0 Å². The van der Waals surface area contributed by atoms with E-state index in [1.54, 1.807) is 0 Å². The molecule has 1 heterocycles. The number of nitrogens with zero attached hydrogens (tertiary/aromatic N) is 1. The van der Waals surface area contributed by atoms with E-state index in [-0.39, 0.29) is 12.1 Å². The first-order valence-electron chi connectivity index (χ1n) is 8.26. The first kappa shape index (κ1) is 15.3. The van der Waals surface area contributed by atoms with Crippen LogP contribution in [0.2, 0.25) is 0 Å². The third-order valence-electron chi connectivity index (χ3n) is 5.16. The van der Waals surface area contributed by atoms with Crippen LogP contribution in [0.4, 0.5) is 0 Å². The standard InChI is InChI=1S/C16H32N2O/c1-16(17,13-19)10-4-5-11-18-12-6-8-14-7-2-3-9-15(14)18/h14-15,19H,2-13,17H2,1H3/t14-,15-,16?/m1/s1. The van der Waals surface area contributed by atoms with Crippen molar-refractivity contribution in [2.24, 2.45) is 11.7 Å². The minimum absolute atomic E-state index is 0.0986. The maximum Gasteiger partial charge on any atom is 0.0608 e. The molecule has 0 aromatic carbocycles. The minimum Gasteiger partial charge on any atom is -0.394 e. The zero-order chi connectivity index (χ0) is 13.7. The number of likely N-dealkylation sites (tertiary alicyclic amines) is 1. The molecule has 1 saturated heterocycles. The smallest absolute Gasteiger partial charge is 0.0608 e. The number of hydrogen-bond acceptors (Lipinski definition) is 3. The van der Waals surface area contributed by atoms with Crippen LogP contribution in [0.5, 0.6) is 0 Å². The van der Waals surface area contributed by atoms with Crippen molar-refractivity contribution in [3.05, 3.63) is 0 Å². The molecule has 0 spiro atoms. The predicted octanol–water partition coefficient (Wildman–Crippen LogP) is 2.52. The molecular formula is C16H32N2O. The van der Waals surface area contributed by atoms with Gasteiger partial charge in [0.15, 0.2) is 0 Å². The molecule has 1 saturated carbocycles. The molecular weight excluding hydrogens is 236 g/mol. The van der Waals surface area contributed by atoms with Gasteiger partial charge in [-0.15, -0.1) is 0 Å². The number of rotatable bonds is 6. The van der Waals surface area contributed by atoms with Gasteiger partial charge in [0.05, 0.1) is 6.61 Å². The van der Waals surface area contributed by atoms with Gasteiger partial charge in [-0.2, -0.15) is 0 Å². The Bertz CT molecular complexity index is 265. The van der Waals surface area contributed by atoms with Gasteiger partial charge >= 0.3 is 0 Å². The van der Waals surface area contributed by atoms with E-state index < -0.39 is 0 Å². The van der Waals surface area contributed by atoms with Gasteiger partial charge in [0.25, 0.3) is 0 Å². The van der Waals surface area contributed by atoms with Crippen LogP contribution in [0.3, 0.4) is 0 Å². The van der Waals surface area contributed by atoms with Crippen LogP contribution >= 0.6 is 0 Å². The molecule has 0 radical (unpaired) electrons. The van der Waals surface area contributed by atoms with Crippen LogP contribution in [0, 0.1) is 5.92 Å². The van der Waals surface area contributed by atoms with Crippen molar-refractivity contribution in [3.63, 3.8) is 0 Å². The van der Waals surface area contributed by atoms with Crippen molar-refractivity contribution >= 4 is 0 Å². The summed E-state index contributed by atoms with van der Waals surface area (Å²) in [5, 5.41) is 9.16. The summed E-state index contributed by atoms with van der Waals surface area (Å²) in [6, 6.07) is 0.879. The van der Waals surface area contributed by atoms with E-state index in [4.69, 9.17) is 10.8 Å². The largest absolute Gasteiger partial charge is 0.394 e. The Labute approximate surface area is 118 Å². The monoisotopic (exact) mass is 268 g/mol. The van der Waals surface area contributed by atoms with Crippen LogP contribution in [-0.2, 0) is 0 Å². The van der Waals surface area contributed by atoms with Crippen LogP contribution in [0.15, 0.2) is 0 Å². The SMILES string of the molecule is CC(N)(CO)CCCCN1CCC[C@H]2CCCC[C@H]21. The molecule has 2 rings (SSSR count). The highest BCUT2D eigenvalue weighted by atomic mass is 16.3. The van der Waals surface area contributed by atoms with Crippen molar-refractivity contribution in [3.8, 4) is 0 Å². The van der Waals surface area contributed by atoms with Gasteiger partial charge in [-0.05, 0) is 64.5 Å². The van der Waals surface area contributed by atoms with Crippen molar-refractivity contribution < 1.29 is 5.11 Å². The van der Waals surface area contributed by atoms with E-state index in [0.29, 0.717) is 0 Å². The quantitative estimate of drug-likeness (QED) is 0.728. The van der Waals surface area contributed by atoms with Gasteiger partial charge < -0.3 is 15.7 Å². The summed E-state index contributed by atoms with van der Waals surface area (Å²) in [6.45, 7) is 4.59. The van der Waals surface area contributed by atoms with Crippen LogP contribution < -0.4 is 5.73 Å². The molecule has 0 amide bonds. The second-order valence-electron chi connectivity index (χ2n) is 7.06. The molecule has 0 aromatic heterocycles. The van der Waals surface area contributed by atoms with E-state index >= 15 is 0 Å². The lowest BCUT2D eigenvalue weighted by molar-refractivity contribution is 0.0589. The Morgan fingerprint density at radius 2 is 1.89 bits per heavy atom. The van der Waals surface area contributed by atoms with E-state index in [9.17, 15) is 0 Å². The lowest BCUT2D eigenvalue weighted by atomic mass is 9.78. The first-order valence-corrected chi connectivity index (χ1v) is 8.26. The van der Waals surface area contributed by atoms with Gasteiger partial charge in [-0.25, -0.2) is 0 Å². The highest BCUT2D eigenvalue weighted by molar-refractivity contribution is 4.87. The van der Waals surface area contributed by atoms with E-state index in [2.05, 4.69) is 4.90 Å². The predicted molar refractivity (Wildman–Crippen MR) is 80.1 cm³/mol. The molecule has 1 aliphatic carbocycles. The summed E-state index contributed by atoms with van der Waals surface area (Å²) in [6.07, 6.45) is 11.9. The van der Waals surface area contributed by atoms with Gasteiger partial charge in [-0.3, -0.25) is 0 Å². The summed E-state index contributed by atoms with van der Waals surface area (Å²) in [7, 11) is 0. The highest BCUT2D eigenvalue weighted by Gasteiger charge is 2.32. The fraction of sp³-hybridized carbons (Fsp3) is 1.00. The van der Waals surface area contributed by atoms with E-state index in [1.165, 1.54) is 58.0 Å². The fourth-order valence-electron chi connectivity index (χ4n) is 3.93. The van der Waals surface area contributed by atoms with Gasteiger partial charge in [-0.1, -0.05) is 19.3 Å². The van der Waals surface area contributed by atoms with Crippen LogP contribution in [-0.4, -0.2) is 41.3 Å². The summed E-state index contributed by atoms with van der Waals surface area (Å²) in [5.74, 6) is 0.986. The van der Waals surface area contributed by atoms with Crippen molar-refractivity contribution in [1.82, 2.24) is 4.90 Å². The average molecular weight is 268 g/mol. The molecule has 2 aliphatic rings. The number of hydrogen-bond donors (Lipinski definition) is 2. The average Bonchev–Trinajstić information content (AvgIpc) is 2.44. The topological polar surface area (TPSA) is 49.5 Å². The third kappa shape index (κ3) is 4.44. The molecule has 0 bridgehead atoms. The molecule has 19 heavy (non-hydrogen) atoms. The lowest BCUT2D eigenvalue weighted by Crippen LogP contribution is -2.47. The molecule has 112 valence electrons. The molecule has 0 aromatic rings. The highest BCUT2D eigenvalue weighted by Crippen LogP contribution is 2.35. The van der Waals surface area contributed by atoms with Gasteiger partial charge in [0.2, 0.25) is 0 Å². The number of piperidine rings is 1. The minimum atomic E-state index is -0.380. The summed E-state index contributed by atoms with van der Waals surface area (Å²) < 4.78 is 0. The zero-order valence-corrected chi connectivity index (χ0v) is 12.6. The molecule has 1 aliphatic heterocycles. The molecule has 3 N–H and O–H groups in total. The lowest BCUT2D eigenvalue weighted by Gasteiger charge is -2.44. The normalized spacial score (nSPS) is 31.7. The Morgan fingerprint density at radius 3 is 2.68 bits per heavy atom. The molecule has 2 fully saturated rings. The van der Waals surface area contributed by atoms with Gasteiger partial charge in [0, 0.05) is 11.6 Å². The maximum absolute atomic E-state index is 9.16. The second kappa shape index (κ2) is 7.05. The van der Waals surface area contributed by atoms with E-state index in [1.807, 2.05) is 6.92 Å². The van der Waals surface area contributed by atoms with Crippen molar-refractivity contribution in [2.45, 2.75) is 76.3 Å². The number of fused-ring (bicyclic) bond motifs is 1. The summed E-state index contributed by atoms with van der Waals surface area (Å²) in [4.78, 5) is 2.75. The Kier molecular flexibility index (Phi) is 5.67. The number of aliphatic hydroxyl groups is 1. The Balaban J connectivity index is 1.70. The molecule has 3 nitrogen and oxygen atoms in total. The number of unbranched alkanes of at least 4 members (excludes halogenated alkanes) is 1. The Morgan fingerprint density at radius 1 is 1.16 bits per heavy atom. The Hall–Kier alpha value is -0.120. The van der Waals surface area contributed by atoms with E-state index in [0.717, 1.165) is 24.8 Å². The van der Waals surface area contributed by atoms with Crippen molar-refractivity contribution in [1.29, 1.82) is 0 Å². The molecule has 3 atom stereocenters. The van der Waals surface area contributed by atoms with Crippen LogP contribution in [0.25, 0.3) is 0 Å². The maximum atomic E-state index is 9.16. The summed E-state index contributed by atoms with van der Waals surface area (Å²) in [5.41, 5.74) is 5.60. The second-order valence-corrected chi connectivity index (χ2v) is 7.06. The molecule has 3 heteroatoms. The zero-order valence-electron chi connectivity index (χ0n) is 12.6. The number of nitrogens with two attached hydrogens (primary N) is 1. The fourth-order valence-corrected chi connectivity index (χ4v) is 3.93. The van der Waals surface area contributed by atoms with Crippen LogP contribution in [0.1, 0.15) is 64.7 Å². The van der Waals surface area contributed by atoms with Crippen molar-refractivity contribution in [2.75, 3.05) is 19.7 Å². The third-order valence-corrected chi connectivity index (χ3v) is 5.16. The summed E-state index contributed by atoms with van der Waals surface area (Å²) >= 11 is 0. The first-order chi connectivity index (χ1) is 9.12.